The normalized spacial score (nSPS) is 11.8. The topological polar surface area (TPSA) is 9.86 Å². The van der Waals surface area contributed by atoms with Gasteiger partial charge in [0.2, 0.25) is 0 Å². The van der Waals surface area contributed by atoms with Crippen LogP contribution in [0, 0.1) is 0 Å². The van der Waals surface area contributed by atoms with Crippen molar-refractivity contribution in [1.82, 2.24) is 9.13 Å². The maximum atomic E-state index is 2.47. The quantitative estimate of drug-likeness (QED) is 0.188. The first-order chi connectivity index (χ1) is 23.8. The van der Waals surface area contributed by atoms with E-state index in [1.165, 1.54) is 76.6 Å². The third-order valence-corrected chi connectivity index (χ3v) is 9.91. The van der Waals surface area contributed by atoms with Gasteiger partial charge < -0.3 is 9.13 Å². The lowest BCUT2D eigenvalue weighted by Crippen LogP contribution is -1.96. The largest absolute Gasteiger partial charge is 0.309 e. The second-order valence-corrected chi connectivity index (χ2v) is 12.6. The van der Waals surface area contributed by atoms with Crippen LogP contribution in [0.3, 0.4) is 0 Å². The van der Waals surface area contributed by atoms with Gasteiger partial charge in [0, 0.05) is 38.3 Å². The summed E-state index contributed by atoms with van der Waals surface area (Å²) in [7, 11) is 0. The Morgan fingerprint density at radius 1 is 0.271 bits per heavy atom. The van der Waals surface area contributed by atoms with Crippen LogP contribution >= 0.6 is 0 Å². The van der Waals surface area contributed by atoms with Gasteiger partial charge in [0.25, 0.3) is 0 Å². The molecule has 0 aliphatic carbocycles. The summed E-state index contributed by atoms with van der Waals surface area (Å²) in [6, 6.07) is 66.2. The molecular weight excluding hydrogens is 581 g/mol. The van der Waals surface area contributed by atoms with Crippen LogP contribution in [-0.2, 0) is 0 Å². The second kappa shape index (κ2) is 10.6. The molecule has 48 heavy (non-hydrogen) atoms. The summed E-state index contributed by atoms with van der Waals surface area (Å²) in [5.74, 6) is 0. The molecule has 0 amide bonds. The van der Waals surface area contributed by atoms with Crippen molar-refractivity contribution < 1.29 is 0 Å². The molecule has 0 fully saturated rings. The molecule has 0 saturated carbocycles. The summed E-state index contributed by atoms with van der Waals surface area (Å²) in [5, 5.41) is 7.55. The van der Waals surface area contributed by atoms with Crippen LogP contribution in [0.15, 0.2) is 182 Å². The summed E-state index contributed by atoms with van der Waals surface area (Å²) in [6.45, 7) is 0. The highest BCUT2D eigenvalue weighted by Crippen LogP contribution is 2.42. The molecule has 0 radical (unpaired) electrons. The molecule has 10 rings (SSSR count). The number of hydrogen-bond donors (Lipinski definition) is 0. The van der Waals surface area contributed by atoms with Gasteiger partial charge in [-0.25, -0.2) is 0 Å². The molecule has 0 spiro atoms. The molecule has 2 aromatic heterocycles. The Hall–Kier alpha value is -6.38. The summed E-state index contributed by atoms with van der Waals surface area (Å²) >= 11 is 0. The van der Waals surface area contributed by atoms with Crippen LogP contribution in [0.4, 0.5) is 0 Å². The van der Waals surface area contributed by atoms with Gasteiger partial charge in [0.05, 0.1) is 22.1 Å². The van der Waals surface area contributed by atoms with Crippen molar-refractivity contribution in [2.75, 3.05) is 0 Å². The van der Waals surface area contributed by atoms with E-state index in [1.54, 1.807) is 0 Å². The molecule has 0 aliphatic heterocycles. The fourth-order valence-corrected chi connectivity index (χ4v) is 7.65. The standard InChI is InChI=1S/C46H30N2/c1-3-11-31(12-4-1)33-19-24-36(25-20-33)47-43-18-10-9-17-39(43)41-29-42-40-28-23-35-15-7-8-16-38(35)46(40)48(45(42)30-44(41)47)37-26-21-34(22-27-37)32-13-5-2-6-14-32/h1-30H. The molecule has 2 heterocycles. The van der Waals surface area contributed by atoms with E-state index in [-0.39, 0.29) is 0 Å². The molecule has 0 unspecified atom stereocenters. The van der Waals surface area contributed by atoms with Crippen molar-refractivity contribution in [3.8, 4) is 33.6 Å². The second-order valence-electron chi connectivity index (χ2n) is 12.6. The average Bonchev–Trinajstić information content (AvgIpc) is 3.67. The minimum Gasteiger partial charge on any atom is -0.309 e. The first kappa shape index (κ1) is 26.8. The minimum atomic E-state index is 1.15. The van der Waals surface area contributed by atoms with E-state index in [2.05, 4.69) is 191 Å². The SMILES string of the molecule is c1ccc(-c2ccc(-n3c4ccccc4c4cc5c6ccc7ccccc7c6n(-c6ccc(-c7ccccc7)cc6)c5cc43)cc2)cc1. The number of aromatic nitrogens is 2. The summed E-state index contributed by atoms with van der Waals surface area (Å²) in [4.78, 5) is 0. The predicted octanol–water partition coefficient (Wildman–Crippen LogP) is 12.4. The van der Waals surface area contributed by atoms with Gasteiger partial charge in [-0.3, -0.25) is 0 Å². The van der Waals surface area contributed by atoms with Crippen LogP contribution < -0.4 is 0 Å². The highest BCUT2D eigenvalue weighted by atomic mass is 15.0. The van der Waals surface area contributed by atoms with E-state index in [9.17, 15) is 0 Å². The molecule has 0 atom stereocenters. The van der Waals surface area contributed by atoms with Crippen molar-refractivity contribution in [3.05, 3.63) is 182 Å². The van der Waals surface area contributed by atoms with Gasteiger partial charge in [-0.2, -0.15) is 0 Å². The molecule has 2 heteroatoms. The summed E-state index contributed by atoms with van der Waals surface area (Å²) in [5.41, 5.74) is 12.0. The molecule has 0 saturated heterocycles. The number of nitrogens with zero attached hydrogens (tertiary/aromatic N) is 2. The van der Waals surface area contributed by atoms with E-state index in [0.29, 0.717) is 0 Å². The lowest BCUT2D eigenvalue weighted by atomic mass is 10.0. The number of para-hydroxylation sites is 1. The predicted molar refractivity (Wildman–Crippen MR) is 203 cm³/mol. The molecule has 0 N–H and O–H groups in total. The zero-order valence-corrected chi connectivity index (χ0v) is 26.2. The Morgan fingerprint density at radius 3 is 1.44 bits per heavy atom. The third kappa shape index (κ3) is 4.06. The Labute approximate surface area is 278 Å². The summed E-state index contributed by atoms with van der Waals surface area (Å²) in [6.07, 6.45) is 0. The molecular formula is C46H30N2. The fourth-order valence-electron chi connectivity index (χ4n) is 7.65. The third-order valence-electron chi connectivity index (χ3n) is 9.91. The molecule has 8 aromatic carbocycles. The van der Waals surface area contributed by atoms with Crippen molar-refractivity contribution in [2.24, 2.45) is 0 Å². The molecule has 0 aliphatic rings. The Kier molecular flexibility index (Phi) is 5.91. The zero-order valence-electron chi connectivity index (χ0n) is 26.2. The molecule has 10 aromatic rings. The van der Waals surface area contributed by atoms with Crippen molar-refractivity contribution >= 4 is 54.4 Å². The molecule has 0 bridgehead atoms. The van der Waals surface area contributed by atoms with Gasteiger partial charge >= 0.3 is 0 Å². The van der Waals surface area contributed by atoms with Crippen LogP contribution in [0.25, 0.3) is 88.0 Å². The van der Waals surface area contributed by atoms with Gasteiger partial charge in [0.15, 0.2) is 0 Å². The number of fused-ring (bicyclic) bond motifs is 8. The van der Waals surface area contributed by atoms with Crippen LogP contribution in [0.1, 0.15) is 0 Å². The van der Waals surface area contributed by atoms with Crippen LogP contribution in [0.2, 0.25) is 0 Å². The van der Waals surface area contributed by atoms with E-state index < -0.39 is 0 Å². The molecule has 224 valence electrons. The van der Waals surface area contributed by atoms with Gasteiger partial charge in [-0.15, -0.1) is 0 Å². The highest BCUT2D eigenvalue weighted by molar-refractivity contribution is 6.23. The zero-order chi connectivity index (χ0) is 31.6. The van der Waals surface area contributed by atoms with E-state index in [1.807, 2.05) is 0 Å². The number of hydrogen-bond acceptors (Lipinski definition) is 0. The first-order valence-electron chi connectivity index (χ1n) is 16.5. The van der Waals surface area contributed by atoms with Crippen LogP contribution in [-0.4, -0.2) is 9.13 Å². The first-order valence-corrected chi connectivity index (χ1v) is 16.5. The maximum absolute atomic E-state index is 2.47. The average molecular weight is 611 g/mol. The van der Waals surface area contributed by atoms with Gasteiger partial charge in [0.1, 0.15) is 0 Å². The number of benzene rings is 8. The Morgan fingerprint density at radius 2 is 0.771 bits per heavy atom. The van der Waals surface area contributed by atoms with Crippen molar-refractivity contribution in [3.63, 3.8) is 0 Å². The monoisotopic (exact) mass is 610 g/mol. The lowest BCUT2D eigenvalue weighted by Gasteiger charge is -2.12. The highest BCUT2D eigenvalue weighted by Gasteiger charge is 2.20. The van der Waals surface area contributed by atoms with E-state index in [0.717, 1.165) is 11.4 Å². The number of rotatable bonds is 4. The maximum Gasteiger partial charge on any atom is 0.0619 e. The minimum absolute atomic E-state index is 1.15. The van der Waals surface area contributed by atoms with Crippen molar-refractivity contribution in [1.29, 1.82) is 0 Å². The van der Waals surface area contributed by atoms with Crippen LogP contribution in [0.5, 0.6) is 0 Å². The van der Waals surface area contributed by atoms with E-state index >= 15 is 0 Å². The smallest absolute Gasteiger partial charge is 0.0619 e. The Balaban J connectivity index is 1.27. The lowest BCUT2D eigenvalue weighted by molar-refractivity contribution is 1.17. The molecule has 2 nitrogen and oxygen atoms in total. The Bertz CT molecular complexity index is 2780. The van der Waals surface area contributed by atoms with E-state index in [4.69, 9.17) is 0 Å². The fraction of sp³-hybridized carbons (Fsp3) is 0. The van der Waals surface area contributed by atoms with Gasteiger partial charge in [-0.1, -0.05) is 140 Å². The van der Waals surface area contributed by atoms with Gasteiger partial charge in [-0.05, 0) is 70.1 Å². The van der Waals surface area contributed by atoms with Crippen molar-refractivity contribution in [2.45, 2.75) is 0 Å². The summed E-state index contributed by atoms with van der Waals surface area (Å²) < 4.78 is 4.90.